The van der Waals surface area contributed by atoms with Gasteiger partial charge in [-0.1, -0.05) is 26.0 Å². The molecule has 1 saturated heterocycles. The third-order valence-electron chi connectivity index (χ3n) is 4.67. The molecule has 146 valence electrons. The Hall–Kier alpha value is -1.51. The molecule has 6 nitrogen and oxygen atoms in total. The minimum atomic E-state index is -3.88. The number of nitrogens with one attached hydrogen (secondary N) is 1. The Morgan fingerprint density at radius 2 is 1.92 bits per heavy atom. The van der Waals surface area contributed by atoms with E-state index in [0.29, 0.717) is 25.3 Å². The largest absolute Gasteiger partial charge is 0.352 e. The first-order valence-electron chi connectivity index (χ1n) is 9.00. The van der Waals surface area contributed by atoms with Crippen molar-refractivity contribution in [2.75, 3.05) is 19.6 Å². The number of nitrogens with two attached hydrogens (primary N) is 1. The molecule has 0 aliphatic carbocycles. The van der Waals surface area contributed by atoms with E-state index in [2.05, 4.69) is 19.2 Å². The number of nitrogens with zero attached hydrogens (tertiary/aromatic N) is 1. The van der Waals surface area contributed by atoms with Crippen molar-refractivity contribution >= 4 is 15.9 Å². The van der Waals surface area contributed by atoms with Crippen LogP contribution in [0.5, 0.6) is 0 Å². The number of hydrogen-bond donors (Lipinski definition) is 2. The first-order chi connectivity index (χ1) is 12.3. The summed E-state index contributed by atoms with van der Waals surface area (Å²) in [7, 11) is -3.88. The molecule has 0 bridgehead atoms. The van der Waals surface area contributed by atoms with Gasteiger partial charge in [0.2, 0.25) is 15.9 Å². The van der Waals surface area contributed by atoms with Crippen LogP contribution in [0.2, 0.25) is 0 Å². The molecular weight excluding hydrogens is 357 g/mol. The van der Waals surface area contributed by atoms with Crippen molar-refractivity contribution in [1.82, 2.24) is 9.62 Å². The molecule has 0 saturated carbocycles. The molecule has 8 heteroatoms. The van der Waals surface area contributed by atoms with Crippen LogP contribution in [0.3, 0.4) is 0 Å². The highest BCUT2D eigenvalue weighted by atomic mass is 32.2. The molecule has 1 aromatic carbocycles. The SMILES string of the molecule is CC(C)CC(CN)NC(=O)C1CCN(S(=O)(=O)c2ccccc2F)CC1. The van der Waals surface area contributed by atoms with Crippen molar-refractivity contribution in [2.24, 2.45) is 17.6 Å². The van der Waals surface area contributed by atoms with Crippen LogP contribution in [0.4, 0.5) is 4.39 Å². The Morgan fingerprint density at radius 3 is 2.46 bits per heavy atom. The smallest absolute Gasteiger partial charge is 0.245 e. The lowest BCUT2D eigenvalue weighted by atomic mass is 9.96. The second kappa shape index (κ2) is 8.92. The molecule has 1 aliphatic heterocycles. The monoisotopic (exact) mass is 385 g/mol. The highest BCUT2D eigenvalue weighted by Gasteiger charge is 2.33. The summed E-state index contributed by atoms with van der Waals surface area (Å²) in [5.74, 6) is -0.657. The van der Waals surface area contributed by atoms with Crippen LogP contribution in [-0.2, 0) is 14.8 Å². The number of hydrogen-bond acceptors (Lipinski definition) is 4. The second-order valence-electron chi connectivity index (χ2n) is 7.18. The lowest BCUT2D eigenvalue weighted by Crippen LogP contribution is -2.47. The standard InChI is InChI=1S/C18H28FN3O3S/c1-13(2)11-15(12-20)21-18(23)14-7-9-22(10-8-14)26(24,25)17-6-4-3-5-16(17)19/h3-6,13-15H,7-12,20H2,1-2H3,(H,21,23). The molecule has 1 atom stereocenters. The minimum absolute atomic E-state index is 0.0670. The molecule has 1 fully saturated rings. The number of amides is 1. The van der Waals surface area contributed by atoms with E-state index in [1.54, 1.807) is 0 Å². The Morgan fingerprint density at radius 1 is 1.31 bits per heavy atom. The van der Waals surface area contributed by atoms with E-state index in [4.69, 9.17) is 5.73 Å². The normalized spacial score (nSPS) is 18.0. The minimum Gasteiger partial charge on any atom is -0.352 e. The van der Waals surface area contributed by atoms with Crippen molar-refractivity contribution in [3.05, 3.63) is 30.1 Å². The van der Waals surface area contributed by atoms with Crippen LogP contribution in [0.15, 0.2) is 29.2 Å². The highest BCUT2D eigenvalue weighted by molar-refractivity contribution is 7.89. The summed E-state index contributed by atoms with van der Waals surface area (Å²) in [4.78, 5) is 12.1. The fourth-order valence-electron chi connectivity index (χ4n) is 3.25. The molecule has 3 N–H and O–H groups in total. The third-order valence-corrected chi connectivity index (χ3v) is 6.60. The fourth-order valence-corrected chi connectivity index (χ4v) is 4.79. The van der Waals surface area contributed by atoms with Crippen molar-refractivity contribution in [3.63, 3.8) is 0 Å². The summed E-state index contributed by atoms with van der Waals surface area (Å²) < 4.78 is 40.3. The average Bonchev–Trinajstić information content (AvgIpc) is 2.61. The Bertz CT molecular complexity index is 716. The van der Waals surface area contributed by atoms with E-state index in [9.17, 15) is 17.6 Å². The molecule has 26 heavy (non-hydrogen) atoms. The van der Waals surface area contributed by atoms with Gasteiger partial charge in [-0.05, 0) is 37.3 Å². The maximum atomic E-state index is 13.8. The van der Waals surface area contributed by atoms with E-state index in [0.717, 1.165) is 12.5 Å². The van der Waals surface area contributed by atoms with Crippen LogP contribution in [0.25, 0.3) is 0 Å². The Labute approximate surface area is 155 Å². The first kappa shape index (κ1) is 20.8. The van der Waals surface area contributed by atoms with Gasteiger partial charge in [-0.3, -0.25) is 4.79 Å². The van der Waals surface area contributed by atoms with E-state index < -0.39 is 15.8 Å². The van der Waals surface area contributed by atoms with Crippen molar-refractivity contribution < 1.29 is 17.6 Å². The van der Waals surface area contributed by atoms with Crippen molar-refractivity contribution in [1.29, 1.82) is 0 Å². The van der Waals surface area contributed by atoms with Gasteiger partial charge in [-0.2, -0.15) is 4.31 Å². The molecule has 1 aliphatic rings. The van der Waals surface area contributed by atoms with Crippen LogP contribution >= 0.6 is 0 Å². The lowest BCUT2D eigenvalue weighted by molar-refractivity contribution is -0.126. The molecule has 0 spiro atoms. The van der Waals surface area contributed by atoms with Gasteiger partial charge in [0, 0.05) is 31.6 Å². The van der Waals surface area contributed by atoms with E-state index in [-0.39, 0.29) is 35.9 Å². The summed E-state index contributed by atoms with van der Waals surface area (Å²) in [6.07, 6.45) is 1.64. The van der Waals surface area contributed by atoms with Crippen LogP contribution in [0.1, 0.15) is 33.1 Å². The van der Waals surface area contributed by atoms with Crippen LogP contribution in [-0.4, -0.2) is 44.3 Å². The van der Waals surface area contributed by atoms with Gasteiger partial charge in [0.25, 0.3) is 0 Å². The number of carbonyl (C=O) groups is 1. The van der Waals surface area contributed by atoms with E-state index in [1.807, 2.05) is 0 Å². The predicted octanol–water partition coefficient (Wildman–Crippen LogP) is 1.72. The third kappa shape index (κ3) is 5.02. The maximum absolute atomic E-state index is 13.8. The lowest BCUT2D eigenvalue weighted by Gasteiger charge is -2.31. The Kier molecular flexibility index (Phi) is 7.14. The summed E-state index contributed by atoms with van der Waals surface area (Å²) >= 11 is 0. The zero-order chi connectivity index (χ0) is 19.3. The molecule has 0 aromatic heterocycles. The van der Waals surface area contributed by atoms with E-state index >= 15 is 0 Å². The van der Waals surface area contributed by atoms with Crippen LogP contribution < -0.4 is 11.1 Å². The zero-order valence-electron chi connectivity index (χ0n) is 15.3. The molecule has 1 amide bonds. The number of sulfonamides is 1. The quantitative estimate of drug-likeness (QED) is 0.747. The number of piperidine rings is 1. The Balaban J connectivity index is 1.96. The number of rotatable bonds is 7. The predicted molar refractivity (Wildman–Crippen MR) is 98.3 cm³/mol. The molecule has 1 aromatic rings. The van der Waals surface area contributed by atoms with Gasteiger partial charge in [0.05, 0.1) is 0 Å². The van der Waals surface area contributed by atoms with Gasteiger partial charge in [0.1, 0.15) is 10.7 Å². The summed E-state index contributed by atoms with van der Waals surface area (Å²) in [5.41, 5.74) is 5.72. The first-order valence-corrected chi connectivity index (χ1v) is 10.4. The average molecular weight is 386 g/mol. The molecule has 1 unspecified atom stereocenters. The van der Waals surface area contributed by atoms with Crippen molar-refractivity contribution in [2.45, 2.75) is 44.0 Å². The second-order valence-corrected chi connectivity index (χ2v) is 9.09. The summed E-state index contributed by atoms with van der Waals surface area (Å²) in [5, 5.41) is 2.97. The summed E-state index contributed by atoms with van der Waals surface area (Å²) in [6.45, 7) is 4.92. The summed E-state index contributed by atoms with van der Waals surface area (Å²) in [6, 6.07) is 5.28. The molecule has 0 radical (unpaired) electrons. The van der Waals surface area contributed by atoms with E-state index in [1.165, 1.54) is 22.5 Å². The topological polar surface area (TPSA) is 92.5 Å². The van der Waals surface area contributed by atoms with Gasteiger partial charge in [-0.15, -0.1) is 0 Å². The zero-order valence-corrected chi connectivity index (χ0v) is 16.1. The van der Waals surface area contributed by atoms with Gasteiger partial charge < -0.3 is 11.1 Å². The number of benzene rings is 1. The molecule has 2 rings (SSSR count). The van der Waals surface area contributed by atoms with Gasteiger partial charge in [-0.25, -0.2) is 12.8 Å². The van der Waals surface area contributed by atoms with Gasteiger partial charge >= 0.3 is 0 Å². The fraction of sp³-hybridized carbons (Fsp3) is 0.611. The molecule has 1 heterocycles. The number of halogens is 1. The van der Waals surface area contributed by atoms with Gasteiger partial charge in [0.15, 0.2) is 0 Å². The van der Waals surface area contributed by atoms with Crippen LogP contribution in [0, 0.1) is 17.7 Å². The van der Waals surface area contributed by atoms with Crippen molar-refractivity contribution in [3.8, 4) is 0 Å². The maximum Gasteiger partial charge on any atom is 0.245 e. The molecular formula is C18H28FN3O3S. The number of carbonyl (C=O) groups excluding carboxylic acids is 1. The highest BCUT2D eigenvalue weighted by Crippen LogP contribution is 2.25.